The minimum Gasteiger partial charge on any atom is -0.479 e. The molecule has 5 heteroatoms. The summed E-state index contributed by atoms with van der Waals surface area (Å²) in [6, 6.07) is 15.1. The van der Waals surface area contributed by atoms with E-state index >= 15 is 0 Å². The number of para-hydroxylation sites is 1. The summed E-state index contributed by atoms with van der Waals surface area (Å²) in [5.41, 5.74) is 1.96. The molecule has 0 aromatic heterocycles. The Bertz CT molecular complexity index is 697. The molecule has 1 saturated heterocycles. The smallest absolute Gasteiger partial charge is 0.265 e. The molecule has 1 heterocycles. The van der Waals surface area contributed by atoms with Gasteiger partial charge in [-0.15, -0.1) is 0 Å². The number of halogens is 1. The van der Waals surface area contributed by atoms with Gasteiger partial charge >= 0.3 is 0 Å². The average molecular weight is 345 g/mol. The molecule has 1 fully saturated rings. The maximum atomic E-state index is 12.3. The molecule has 0 aliphatic carbocycles. The molecule has 2 aromatic carbocycles. The van der Waals surface area contributed by atoms with Crippen molar-refractivity contribution >= 4 is 28.9 Å². The Morgan fingerprint density at radius 3 is 2.46 bits per heavy atom. The Balaban J connectivity index is 1.58. The summed E-state index contributed by atoms with van der Waals surface area (Å²) < 4.78 is 5.63. The molecule has 0 spiro atoms. The Morgan fingerprint density at radius 2 is 1.79 bits per heavy atom. The third kappa shape index (κ3) is 4.01. The summed E-state index contributed by atoms with van der Waals surface area (Å²) in [4.78, 5) is 14.6. The molecule has 1 aliphatic heterocycles. The SMILES string of the molecule is C[C@@H](Oc1ccccc1Cl)C(=O)Nc1ccc(N2CCCC2)cc1. The zero-order valence-electron chi connectivity index (χ0n) is 13.7. The lowest BCUT2D eigenvalue weighted by molar-refractivity contribution is -0.122. The van der Waals surface area contributed by atoms with E-state index in [-0.39, 0.29) is 5.91 Å². The van der Waals surface area contributed by atoms with Crippen molar-refractivity contribution in [2.45, 2.75) is 25.9 Å². The van der Waals surface area contributed by atoms with E-state index in [4.69, 9.17) is 16.3 Å². The van der Waals surface area contributed by atoms with Gasteiger partial charge in [-0.25, -0.2) is 0 Å². The minimum absolute atomic E-state index is 0.205. The molecule has 0 bridgehead atoms. The number of rotatable bonds is 5. The number of hydrogen-bond donors (Lipinski definition) is 1. The normalized spacial score (nSPS) is 15.2. The van der Waals surface area contributed by atoms with Crippen LogP contribution < -0.4 is 15.0 Å². The molecule has 1 amide bonds. The van der Waals surface area contributed by atoms with Crippen LogP contribution in [0, 0.1) is 0 Å². The second-order valence-electron chi connectivity index (χ2n) is 5.92. The van der Waals surface area contributed by atoms with Crippen molar-refractivity contribution in [3.63, 3.8) is 0 Å². The third-order valence-electron chi connectivity index (χ3n) is 4.12. The summed E-state index contributed by atoms with van der Waals surface area (Å²) in [6.45, 7) is 3.92. The van der Waals surface area contributed by atoms with Gasteiger partial charge in [-0.1, -0.05) is 23.7 Å². The molecule has 0 unspecified atom stereocenters. The number of ether oxygens (including phenoxy) is 1. The van der Waals surface area contributed by atoms with Gasteiger partial charge in [0.1, 0.15) is 5.75 Å². The standard InChI is InChI=1S/C19H21ClN2O2/c1-14(24-18-7-3-2-6-17(18)20)19(23)21-15-8-10-16(11-9-15)22-12-4-5-13-22/h2-3,6-11,14H,4-5,12-13H2,1H3,(H,21,23)/t14-/m1/s1. The van der Waals surface area contributed by atoms with Crippen molar-refractivity contribution in [3.05, 3.63) is 53.6 Å². The van der Waals surface area contributed by atoms with Gasteiger partial charge in [0, 0.05) is 24.5 Å². The molecule has 1 N–H and O–H groups in total. The Kier molecular flexibility index (Phi) is 5.26. The second kappa shape index (κ2) is 7.58. The molecule has 24 heavy (non-hydrogen) atoms. The zero-order chi connectivity index (χ0) is 16.9. The van der Waals surface area contributed by atoms with Crippen LogP contribution in [0.1, 0.15) is 19.8 Å². The Hall–Kier alpha value is -2.20. The molecular formula is C19H21ClN2O2. The number of anilines is 2. The molecule has 3 rings (SSSR count). The van der Waals surface area contributed by atoms with Gasteiger partial charge in [0.2, 0.25) is 0 Å². The van der Waals surface area contributed by atoms with Crippen molar-refractivity contribution in [2.24, 2.45) is 0 Å². The molecule has 1 atom stereocenters. The lowest BCUT2D eigenvalue weighted by Gasteiger charge is -2.18. The van der Waals surface area contributed by atoms with Gasteiger partial charge < -0.3 is 15.0 Å². The van der Waals surface area contributed by atoms with Crippen molar-refractivity contribution in [1.82, 2.24) is 0 Å². The van der Waals surface area contributed by atoms with Gasteiger partial charge in [0.15, 0.2) is 6.10 Å². The predicted octanol–water partition coefficient (Wildman–Crippen LogP) is 4.35. The first-order valence-electron chi connectivity index (χ1n) is 8.20. The first-order chi connectivity index (χ1) is 11.6. The molecule has 4 nitrogen and oxygen atoms in total. The van der Waals surface area contributed by atoms with Gasteiger partial charge in [0.05, 0.1) is 5.02 Å². The highest BCUT2D eigenvalue weighted by Gasteiger charge is 2.17. The quantitative estimate of drug-likeness (QED) is 0.876. The summed E-state index contributed by atoms with van der Waals surface area (Å²) >= 11 is 6.05. The van der Waals surface area contributed by atoms with E-state index in [1.807, 2.05) is 36.4 Å². The van der Waals surface area contributed by atoms with Crippen LogP contribution in [0.25, 0.3) is 0 Å². The second-order valence-corrected chi connectivity index (χ2v) is 6.33. The number of carbonyl (C=O) groups excluding carboxylic acids is 1. The van der Waals surface area contributed by atoms with Crippen LogP contribution in [0.2, 0.25) is 5.02 Å². The number of hydrogen-bond acceptors (Lipinski definition) is 3. The largest absolute Gasteiger partial charge is 0.479 e. The molecule has 0 saturated carbocycles. The summed E-state index contributed by atoms with van der Waals surface area (Å²) in [6.07, 6.45) is 1.85. The van der Waals surface area contributed by atoms with E-state index in [1.165, 1.54) is 18.5 Å². The fourth-order valence-corrected chi connectivity index (χ4v) is 2.94. The maximum absolute atomic E-state index is 12.3. The van der Waals surface area contributed by atoms with Crippen molar-refractivity contribution in [2.75, 3.05) is 23.3 Å². The topological polar surface area (TPSA) is 41.6 Å². The highest BCUT2D eigenvalue weighted by atomic mass is 35.5. The van der Waals surface area contributed by atoms with Crippen LogP contribution in [0.5, 0.6) is 5.75 Å². The van der Waals surface area contributed by atoms with Crippen LogP contribution in [-0.4, -0.2) is 25.1 Å². The van der Waals surface area contributed by atoms with Gasteiger partial charge in [-0.05, 0) is 56.2 Å². The van der Waals surface area contributed by atoms with Gasteiger partial charge in [0.25, 0.3) is 5.91 Å². The van der Waals surface area contributed by atoms with Crippen LogP contribution in [-0.2, 0) is 4.79 Å². The van der Waals surface area contributed by atoms with E-state index in [1.54, 1.807) is 19.1 Å². The van der Waals surface area contributed by atoms with Crippen LogP contribution in [0.15, 0.2) is 48.5 Å². The van der Waals surface area contributed by atoms with E-state index < -0.39 is 6.10 Å². The Morgan fingerprint density at radius 1 is 1.12 bits per heavy atom. The molecule has 2 aromatic rings. The average Bonchev–Trinajstić information content (AvgIpc) is 3.12. The van der Waals surface area contributed by atoms with Crippen molar-refractivity contribution in [1.29, 1.82) is 0 Å². The summed E-state index contributed by atoms with van der Waals surface area (Å²) in [5.74, 6) is 0.301. The van der Waals surface area contributed by atoms with Crippen LogP contribution in [0.4, 0.5) is 11.4 Å². The first-order valence-corrected chi connectivity index (χ1v) is 8.58. The number of carbonyl (C=O) groups is 1. The number of nitrogens with zero attached hydrogens (tertiary/aromatic N) is 1. The lowest BCUT2D eigenvalue weighted by Crippen LogP contribution is -2.30. The molecule has 126 valence electrons. The summed E-state index contributed by atoms with van der Waals surface area (Å²) in [5, 5.41) is 3.37. The fourth-order valence-electron chi connectivity index (χ4n) is 2.76. The van der Waals surface area contributed by atoms with E-state index in [0.29, 0.717) is 10.8 Å². The van der Waals surface area contributed by atoms with Crippen LogP contribution >= 0.6 is 11.6 Å². The maximum Gasteiger partial charge on any atom is 0.265 e. The fraction of sp³-hybridized carbons (Fsp3) is 0.316. The first kappa shape index (κ1) is 16.7. The van der Waals surface area contributed by atoms with E-state index in [0.717, 1.165) is 18.8 Å². The predicted molar refractivity (Wildman–Crippen MR) is 98.1 cm³/mol. The third-order valence-corrected chi connectivity index (χ3v) is 4.43. The monoisotopic (exact) mass is 344 g/mol. The summed E-state index contributed by atoms with van der Waals surface area (Å²) in [7, 11) is 0. The van der Waals surface area contributed by atoms with E-state index in [2.05, 4.69) is 10.2 Å². The number of amides is 1. The van der Waals surface area contributed by atoms with E-state index in [9.17, 15) is 4.79 Å². The van der Waals surface area contributed by atoms with Crippen molar-refractivity contribution < 1.29 is 9.53 Å². The van der Waals surface area contributed by atoms with Gasteiger partial charge in [-0.2, -0.15) is 0 Å². The molecule has 0 radical (unpaired) electrons. The Labute approximate surface area is 147 Å². The highest BCUT2D eigenvalue weighted by Crippen LogP contribution is 2.25. The van der Waals surface area contributed by atoms with Crippen LogP contribution in [0.3, 0.4) is 0 Å². The number of nitrogens with one attached hydrogen (secondary N) is 1. The number of benzene rings is 2. The molecular weight excluding hydrogens is 324 g/mol. The minimum atomic E-state index is -0.636. The van der Waals surface area contributed by atoms with Crippen molar-refractivity contribution in [3.8, 4) is 5.75 Å². The van der Waals surface area contributed by atoms with Gasteiger partial charge in [-0.3, -0.25) is 4.79 Å². The lowest BCUT2D eigenvalue weighted by atomic mass is 10.2. The highest BCUT2D eigenvalue weighted by molar-refractivity contribution is 6.32. The molecule has 1 aliphatic rings. The zero-order valence-corrected chi connectivity index (χ0v) is 14.4.